The highest BCUT2D eigenvalue weighted by atomic mass is 16.5. The second-order valence-electron chi connectivity index (χ2n) is 8.25. The number of hydrogen-bond donors (Lipinski definition) is 0. The Kier molecular flexibility index (Phi) is 4.96. The minimum absolute atomic E-state index is 0.179. The van der Waals surface area contributed by atoms with E-state index in [2.05, 4.69) is 0 Å². The Labute approximate surface area is 204 Å². The van der Waals surface area contributed by atoms with Gasteiger partial charge in [0.25, 0.3) is 0 Å². The maximum atomic E-state index is 13.4. The van der Waals surface area contributed by atoms with Crippen molar-refractivity contribution in [2.45, 2.75) is 5.92 Å². The SMILES string of the molecule is COc1cc(C2c3c(c4ccccc4oc3=O)Oc3c2c(=O)oc2ccccc32)cc(OC)c1OC. The molecule has 3 heterocycles. The van der Waals surface area contributed by atoms with Gasteiger partial charge in [0.2, 0.25) is 5.75 Å². The Hall–Kier alpha value is -4.72. The fraction of sp³-hybridized carbons (Fsp3) is 0.143. The molecule has 1 aliphatic heterocycles. The highest BCUT2D eigenvalue weighted by Gasteiger charge is 2.39. The Bertz CT molecular complexity index is 1660. The predicted octanol–water partition coefficient (Wildman–Crippen LogP) is 5.21. The lowest BCUT2D eigenvalue weighted by atomic mass is 9.83. The predicted molar refractivity (Wildman–Crippen MR) is 132 cm³/mol. The summed E-state index contributed by atoms with van der Waals surface area (Å²) in [5, 5.41) is 1.21. The number of ether oxygens (including phenoxy) is 4. The number of methoxy groups -OCH3 is 3. The van der Waals surface area contributed by atoms with Crippen LogP contribution in [0.5, 0.6) is 28.7 Å². The lowest BCUT2D eigenvalue weighted by Crippen LogP contribution is -2.26. The van der Waals surface area contributed by atoms with Crippen LogP contribution in [-0.2, 0) is 0 Å². The van der Waals surface area contributed by atoms with Crippen molar-refractivity contribution in [1.29, 1.82) is 0 Å². The molecular formula is C28H20O8. The monoisotopic (exact) mass is 484 g/mol. The molecule has 0 spiro atoms. The van der Waals surface area contributed by atoms with E-state index in [0.29, 0.717) is 56.2 Å². The molecule has 36 heavy (non-hydrogen) atoms. The van der Waals surface area contributed by atoms with Crippen molar-refractivity contribution in [2.24, 2.45) is 0 Å². The van der Waals surface area contributed by atoms with Crippen LogP contribution in [0.25, 0.3) is 21.9 Å². The Balaban J connectivity index is 1.77. The van der Waals surface area contributed by atoms with Crippen molar-refractivity contribution in [2.75, 3.05) is 21.3 Å². The number of rotatable bonds is 4. The second kappa shape index (κ2) is 8.20. The first-order valence-electron chi connectivity index (χ1n) is 11.1. The summed E-state index contributed by atoms with van der Waals surface area (Å²) in [6.45, 7) is 0. The zero-order valence-corrected chi connectivity index (χ0v) is 19.6. The van der Waals surface area contributed by atoms with Gasteiger partial charge >= 0.3 is 11.3 Å². The molecular weight excluding hydrogens is 464 g/mol. The third-order valence-electron chi connectivity index (χ3n) is 6.40. The molecule has 0 fully saturated rings. The van der Waals surface area contributed by atoms with E-state index in [-0.39, 0.29) is 11.1 Å². The van der Waals surface area contributed by atoms with Gasteiger partial charge in [-0.2, -0.15) is 0 Å². The maximum Gasteiger partial charge on any atom is 0.344 e. The molecule has 0 atom stereocenters. The van der Waals surface area contributed by atoms with E-state index < -0.39 is 17.2 Å². The quantitative estimate of drug-likeness (QED) is 0.315. The molecule has 3 aromatic carbocycles. The summed E-state index contributed by atoms with van der Waals surface area (Å²) in [7, 11) is 4.49. The molecule has 1 aliphatic rings. The van der Waals surface area contributed by atoms with E-state index in [1.54, 1.807) is 36.4 Å². The largest absolute Gasteiger partial charge is 0.493 e. The topological polar surface area (TPSA) is 97.3 Å². The van der Waals surface area contributed by atoms with Gasteiger partial charge in [-0.15, -0.1) is 0 Å². The van der Waals surface area contributed by atoms with Gasteiger partial charge < -0.3 is 27.8 Å². The molecule has 0 aliphatic carbocycles. The minimum Gasteiger partial charge on any atom is -0.493 e. The highest BCUT2D eigenvalue weighted by molar-refractivity contribution is 5.91. The lowest BCUT2D eigenvalue weighted by Gasteiger charge is -2.28. The van der Waals surface area contributed by atoms with E-state index in [1.165, 1.54) is 21.3 Å². The smallest absolute Gasteiger partial charge is 0.344 e. The van der Waals surface area contributed by atoms with Gasteiger partial charge in [0.1, 0.15) is 22.7 Å². The van der Waals surface area contributed by atoms with Gasteiger partial charge in [-0.25, -0.2) is 9.59 Å². The summed E-state index contributed by atoms with van der Waals surface area (Å²) in [6.07, 6.45) is 0. The Morgan fingerprint density at radius 2 is 1.14 bits per heavy atom. The standard InChI is InChI=1S/C28H20O8/c1-31-19-12-14(13-20(32-2)26(19)33-3)21-22-24(15-8-4-6-10-17(15)34-27(22)29)36-25-16-9-5-7-11-18(16)35-28(30)23(21)25/h4-13,21H,1-3H3. The molecule has 2 aromatic heterocycles. The summed E-state index contributed by atoms with van der Waals surface area (Å²) in [5.41, 5.74) is 0.402. The summed E-state index contributed by atoms with van der Waals surface area (Å²) in [5.74, 6) is 0.882. The van der Waals surface area contributed by atoms with Crippen molar-refractivity contribution in [3.8, 4) is 28.7 Å². The normalized spacial score (nSPS) is 12.6. The molecule has 0 radical (unpaired) electrons. The molecule has 8 nitrogen and oxygen atoms in total. The zero-order valence-electron chi connectivity index (χ0n) is 19.6. The van der Waals surface area contributed by atoms with Crippen molar-refractivity contribution in [1.82, 2.24) is 0 Å². The lowest BCUT2D eigenvalue weighted by molar-refractivity contribution is 0.323. The molecule has 0 bridgehead atoms. The van der Waals surface area contributed by atoms with Crippen LogP contribution in [0, 0.1) is 0 Å². The van der Waals surface area contributed by atoms with Crippen molar-refractivity contribution in [3.63, 3.8) is 0 Å². The van der Waals surface area contributed by atoms with E-state index in [4.69, 9.17) is 27.8 Å². The van der Waals surface area contributed by atoms with Crippen molar-refractivity contribution in [3.05, 3.63) is 98.2 Å². The van der Waals surface area contributed by atoms with Crippen molar-refractivity contribution < 1.29 is 27.8 Å². The molecule has 6 rings (SSSR count). The van der Waals surface area contributed by atoms with Gasteiger partial charge in [-0.05, 0) is 42.0 Å². The molecule has 0 saturated heterocycles. The van der Waals surface area contributed by atoms with Crippen LogP contribution in [0.1, 0.15) is 22.6 Å². The number of para-hydroxylation sites is 2. The first kappa shape index (κ1) is 21.8. The number of benzene rings is 3. The van der Waals surface area contributed by atoms with Crippen LogP contribution in [-0.4, -0.2) is 21.3 Å². The summed E-state index contributed by atoms with van der Waals surface area (Å²) >= 11 is 0. The zero-order chi connectivity index (χ0) is 25.0. The third-order valence-corrected chi connectivity index (χ3v) is 6.40. The number of hydrogen-bond acceptors (Lipinski definition) is 8. The summed E-state index contributed by atoms with van der Waals surface area (Å²) in [4.78, 5) is 26.8. The highest BCUT2D eigenvalue weighted by Crippen LogP contribution is 2.51. The van der Waals surface area contributed by atoms with Crippen LogP contribution in [0.15, 0.2) is 79.1 Å². The first-order chi connectivity index (χ1) is 17.5. The van der Waals surface area contributed by atoms with Gasteiger partial charge in [0.05, 0.1) is 49.1 Å². The fourth-order valence-electron chi connectivity index (χ4n) is 4.84. The molecule has 0 saturated carbocycles. The average Bonchev–Trinajstić information content (AvgIpc) is 2.91. The summed E-state index contributed by atoms with van der Waals surface area (Å²) in [6, 6.07) is 17.6. The first-order valence-corrected chi connectivity index (χ1v) is 11.1. The van der Waals surface area contributed by atoms with E-state index in [9.17, 15) is 9.59 Å². The van der Waals surface area contributed by atoms with E-state index in [1.807, 2.05) is 24.3 Å². The van der Waals surface area contributed by atoms with Crippen molar-refractivity contribution >= 4 is 21.9 Å². The van der Waals surface area contributed by atoms with Gasteiger partial charge in [0.15, 0.2) is 11.5 Å². The van der Waals surface area contributed by atoms with Crippen LogP contribution in [0.3, 0.4) is 0 Å². The van der Waals surface area contributed by atoms with E-state index >= 15 is 0 Å². The average molecular weight is 484 g/mol. The van der Waals surface area contributed by atoms with Crippen LogP contribution < -0.4 is 30.2 Å². The van der Waals surface area contributed by atoms with Crippen LogP contribution in [0.4, 0.5) is 0 Å². The molecule has 0 unspecified atom stereocenters. The molecule has 180 valence electrons. The van der Waals surface area contributed by atoms with E-state index in [0.717, 1.165) is 0 Å². The fourth-order valence-corrected chi connectivity index (χ4v) is 4.84. The maximum absolute atomic E-state index is 13.4. The van der Waals surface area contributed by atoms with Crippen LogP contribution in [0.2, 0.25) is 0 Å². The third kappa shape index (κ3) is 3.07. The summed E-state index contributed by atoms with van der Waals surface area (Å²) < 4.78 is 34.2. The number of fused-ring (bicyclic) bond motifs is 6. The van der Waals surface area contributed by atoms with Gasteiger partial charge in [-0.1, -0.05) is 24.3 Å². The van der Waals surface area contributed by atoms with Gasteiger partial charge in [0, 0.05) is 0 Å². The Morgan fingerprint density at radius 1 is 0.667 bits per heavy atom. The van der Waals surface area contributed by atoms with Crippen LogP contribution >= 0.6 is 0 Å². The molecule has 0 amide bonds. The molecule has 0 N–H and O–H groups in total. The van der Waals surface area contributed by atoms with Gasteiger partial charge in [-0.3, -0.25) is 0 Å². The minimum atomic E-state index is -0.890. The Morgan fingerprint density at radius 3 is 1.58 bits per heavy atom. The molecule has 8 heteroatoms. The second-order valence-corrected chi connectivity index (χ2v) is 8.25. The molecule has 5 aromatic rings.